The SMILES string of the molecule is O=C(COC(=O)c1cc2ccccc2[nH]1)Nc1ccc(N2CCN(Cc3ccccc3)CC2)cc1. The van der Waals surface area contributed by atoms with Crippen LogP contribution < -0.4 is 10.2 Å². The molecule has 1 fully saturated rings. The number of piperazine rings is 1. The first-order valence-corrected chi connectivity index (χ1v) is 11.8. The van der Waals surface area contributed by atoms with Crippen molar-refractivity contribution in [1.82, 2.24) is 9.88 Å². The van der Waals surface area contributed by atoms with Gasteiger partial charge in [0.25, 0.3) is 5.91 Å². The van der Waals surface area contributed by atoms with Crippen LogP contribution in [0.1, 0.15) is 16.1 Å². The normalized spacial score (nSPS) is 14.1. The van der Waals surface area contributed by atoms with Gasteiger partial charge in [-0.25, -0.2) is 4.79 Å². The molecule has 0 bridgehead atoms. The number of anilines is 2. The van der Waals surface area contributed by atoms with Crippen molar-refractivity contribution in [3.63, 3.8) is 0 Å². The Hall–Kier alpha value is -4.10. The maximum atomic E-state index is 12.3. The second-order valence-corrected chi connectivity index (χ2v) is 8.69. The van der Waals surface area contributed by atoms with Crippen LogP contribution >= 0.6 is 0 Å². The van der Waals surface area contributed by atoms with E-state index in [9.17, 15) is 9.59 Å². The van der Waals surface area contributed by atoms with Crippen molar-refractivity contribution in [3.8, 4) is 0 Å². The molecule has 0 unspecified atom stereocenters. The van der Waals surface area contributed by atoms with E-state index >= 15 is 0 Å². The highest BCUT2D eigenvalue weighted by Gasteiger charge is 2.18. The summed E-state index contributed by atoms with van der Waals surface area (Å²) >= 11 is 0. The number of carbonyl (C=O) groups excluding carboxylic acids is 2. The number of amides is 1. The summed E-state index contributed by atoms with van der Waals surface area (Å²) in [6, 6.07) is 27.6. The summed E-state index contributed by atoms with van der Waals surface area (Å²) in [5, 5.41) is 3.70. The van der Waals surface area contributed by atoms with Crippen LogP contribution in [-0.4, -0.2) is 54.5 Å². The van der Waals surface area contributed by atoms with Gasteiger partial charge in [-0.3, -0.25) is 9.69 Å². The number of rotatable bonds is 7. The monoisotopic (exact) mass is 468 g/mol. The highest BCUT2D eigenvalue weighted by atomic mass is 16.5. The van der Waals surface area contributed by atoms with E-state index in [-0.39, 0.29) is 12.5 Å². The quantitative estimate of drug-likeness (QED) is 0.396. The molecule has 4 aromatic rings. The van der Waals surface area contributed by atoms with E-state index in [4.69, 9.17) is 4.74 Å². The first-order chi connectivity index (χ1) is 17.1. The molecule has 7 nitrogen and oxygen atoms in total. The van der Waals surface area contributed by atoms with E-state index in [2.05, 4.69) is 44.4 Å². The van der Waals surface area contributed by atoms with Crippen LogP contribution in [0.2, 0.25) is 0 Å². The van der Waals surface area contributed by atoms with Crippen molar-refractivity contribution < 1.29 is 14.3 Å². The van der Waals surface area contributed by atoms with Crippen molar-refractivity contribution in [2.75, 3.05) is 43.0 Å². The lowest BCUT2D eigenvalue weighted by atomic mass is 10.2. The van der Waals surface area contributed by atoms with Crippen LogP contribution in [0.25, 0.3) is 10.9 Å². The number of aromatic nitrogens is 1. The summed E-state index contributed by atoms with van der Waals surface area (Å²) in [6.45, 7) is 4.57. The van der Waals surface area contributed by atoms with E-state index in [1.165, 1.54) is 5.56 Å². The molecule has 2 heterocycles. The average Bonchev–Trinajstić information content (AvgIpc) is 3.34. The molecule has 1 saturated heterocycles. The number of aromatic amines is 1. The van der Waals surface area contributed by atoms with Gasteiger partial charge in [-0.15, -0.1) is 0 Å². The van der Waals surface area contributed by atoms with Gasteiger partial charge in [0.1, 0.15) is 5.69 Å². The Morgan fingerprint density at radius 3 is 2.31 bits per heavy atom. The van der Waals surface area contributed by atoms with Gasteiger partial charge in [0.15, 0.2) is 6.61 Å². The first-order valence-electron chi connectivity index (χ1n) is 11.8. The van der Waals surface area contributed by atoms with Gasteiger partial charge in [0.05, 0.1) is 0 Å². The zero-order chi connectivity index (χ0) is 24.0. The van der Waals surface area contributed by atoms with Gasteiger partial charge in [0, 0.05) is 55.0 Å². The number of hydrogen-bond acceptors (Lipinski definition) is 5. The molecular formula is C28H28N4O3. The number of H-pyrrole nitrogens is 1. The number of hydrogen-bond donors (Lipinski definition) is 2. The number of esters is 1. The van der Waals surface area contributed by atoms with E-state index in [1.54, 1.807) is 6.07 Å². The molecular weight excluding hydrogens is 440 g/mol. The number of para-hydroxylation sites is 1. The van der Waals surface area contributed by atoms with E-state index < -0.39 is 5.97 Å². The number of carbonyl (C=O) groups is 2. The number of nitrogens with zero attached hydrogens (tertiary/aromatic N) is 2. The van der Waals surface area contributed by atoms with Crippen molar-refractivity contribution in [1.29, 1.82) is 0 Å². The van der Waals surface area contributed by atoms with Gasteiger partial charge in [-0.05, 0) is 42.0 Å². The number of fused-ring (bicyclic) bond motifs is 1. The molecule has 2 N–H and O–H groups in total. The molecule has 178 valence electrons. The molecule has 0 radical (unpaired) electrons. The average molecular weight is 469 g/mol. The maximum absolute atomic E-state index is 12.3. The van der Waals surface area contributed by atoms with Crippen molar-refractivity contribution >= 4 is 34.2 Å². The van der Waals surface area contributed by atoms with E-state index in [0.717, 1.165) is 49.3 Å². The molecule has 0 saturated carbocycles. The Morgan fingerprint density at radius 1 is 0.857 bits per heavy atom. The van der Waals surface area contributed by atoms with Gasteiger partial charge in [-0.1, -0.05) is 48.5 Å². The molecule has 0 atom stereocenters. The predicted octanol–water partition coefficient (Wildman–Crippen LogP) is 4.29. The lowest BCUT2D eigenvalue weighted by Gasteiger charge is -2.36. The third-order valence-corrected chi connectivity index (χ3v) is 6.22. The Kier molecular flexibility index (Phi) is 6.77. The van der Waals surface area contributed by atoms with Gasteiger partial charge in [0.2, 0.25) is 0 Å². The zero-order valence-corrected chi connectivity index (χ0v) is 19.4. The molecule has 0 aliphatic carbocycles. The fourth-order valence-electron chi connectivity index (χ4n) is 4.35. The Labute approximate surface area is 204 Å². The van der Waals surface area contributed by atoms with Crippen molar-refractivity contribution in [2.45, 2.75) is 6.54 Å². The summed E-state index contributed by atoms with van der Waals surface area (Å²) in [5.74, 6) is -0.935. The summed E-state index contributed by atoms with van der Waals surface area (Å²) in [6.07, 6.45) is 0. The van der Waals surface area contributed by atoms with Crippen LogP contribution in [0.5, 0.6) is 0 Å². The molecule has 5 rings (SSSR count). The van der Waals surface area contributed by atoms with E-state index in [1.807, 2.05) is 54.6 Å². The molecule has 1 aliphatic heterocycles. The largest absolute Gasteiger partial charge is 0.451 e. The summed E-state index contributed by atoms with van der Waals surface area (Å²) in [4.78, 5) is 32.4. The summed E-state index contributed by atoms with van der Waals surface area (Å²) in [5.41, 5.74) is 4.32. The molecule has 3 aromatic carbocycles. The standard InChI is InChI=1S/C28H28N4O3/c33-27(20-35-28(34)26-18-22-8-4-5-9-25(22)30-26)29-23-10-12-24(13-11-23)32-16-14-31(15-17-32)19-21-6-2-1-3-7-21/h1-13,18,30H,14-17,19-20H2,(H,29,33). The fraction of sp³-hybridized carbons (Fsp3) is 0.214. The fourth-order valence-corrected chi connectivity index (χ4v) is 4.35. The highest BCUT2D eigenvalue weighted by Crippen LogP contribution is 2.20. The second kappa shape index (κ2) is 10.4. The topological polar surface area (TPSA) is 77.7 Å². The van der Waals surface area contributed by atoms with Crippen LogP contribution in [0.4, 0.5) is 11.4 Å². The lowest BCUT2D eigenvalue weighted by Crippen LogP contribution is -2.45. The van der Waals surface area contributed by atoms with Crippen LogP contribution in [0, 0.1) is 0 Å². The summed E-state index contributed by atoms with van der Waals surface area (Å²) < 4.78 is 5.17. The number of nitrogens with one attached hydrogen (secondary N) is 2. The molecule has 1 amide bonds. The molecule has 7 heteroatoms. The van der Waals surface area contributed by atoms with Gasteiger partial charge >= 0.3 is 5.97 Å². The van der Waals surface area contributed by atoms with Crippen molar-refractivity contribution in [3.05, 3.63) is 96.2 Å². The minimum absolute atomic E-state index is 0.326. The van der Waals surface area contributed by atoms with Crippen LogP contribution in [0.3, 0.4) is 0 Å². The van der Waals surface area contributed by atoms with Crippen LogP contribution in [-0.2, 0) is 16.1 Å². The maximum Gasteiger partial charge on any atom is 0.355 e. The summed E-state index contributed by atoms with van der Waals surface area (Å²) in [7, 11) is 0. The second-order valence-electron chi connectivity index (χ2n) is 8.69. The Balaban J connectivity index is 1.08. The van der Waals surface area contributed by atoms with Crippen LogP contribution in [0.15, 0.2) is 84.9 Å². The van der Waals surface area contributed by atoms with E-state index in [0.29, 0.717) is 11.4 Å². The highest BCUT2D eigenvalue weighted by molar-refractivity contribution is 5.97. The van der Waals surface area contributed by atoms with Gasteiger partial charge < -0.3 is 19.9 Å². The number of benzene rings is 3. The Morgan fingerprint density at radius 2 is 1.57 bits per heavy atom. The number of ether oxygens (including phenoxy) is 1. The smallest absolute Gasteiger partial charge is 0.355 e. The van der Waals surface area contributed by atoms with Crippen molar-refractivity contribution in [2.24, 2.45) is 0 Å². The first kappa shape index (κ1) is 22.7. The zero-order valence-electron chi connectivity index (χ0n) is 19.4. The molecule has 1 aliphatic rings. The van der Waals surface area contributed by atoms with Gasteiger partial charge in [-0.2, -0.15) is 0 Å². The minimum atomic E-state index is -0.557. The minimum Gasteiger partial charge on any atom is -0.451 e. The molecule has 1 aromatic heterocycles. The molecule has 0 spiro atoms. The third kappa shape index (κ3) is 5.70. The lowest BCUT2D eigenvalue weighted by molar-refractivity contribution is -0.119. The third-order valence-electron chi connectivity index (χ3n) is 6.22. The Bertz CT molecular complexity index is 1260. The predicted molar refractivity (Wildman–Crippen MR) is 138 cm³/mol. The molecule has 35 heavy (non-hydrogen) atoms.